The summed E-state index contributed by atoms with van der Waals surface area (Å²) in [6.45, 7) is 6.26. The second-order valence-corrected chi connectivity index (χ2v) is 6.92. The molecule has 1 aromatic carbocycles. The average molecular weight is 381 g/mol. The molecule has 1 N–H and O–H groups in total. The van der Waals surface area contributed by atoms with Crippen LogP contribution >= 0.6 is 0 Å². The van der Waals surface area contributed by atoms with Crippen LogP contribution in [0.25, 0.3) is 0 Å². The Bertz CT molecular complexity index is 947. The largest absolute Gasteiger partial charge is 0.338 e. The number of amides is 1. The van der Waals surface area contributed by atoms with E-state index >= 15 is 0 Å². The van der Waals surface area contributed by atoms with Crippen LogP contribution in [0.1, 0.15) is 53.4 Å². The Balaban J connectivity index is 1.39. The highest BCUT2D eigenvalue weighted by atomic mass is 16.5. The number of anilines is 1. The molecule has 1 aliphatic rings. The van der Waals surface area contributed by atoms with E-state index in [1.165, 1.54) is 0 Å². The summed E-state index contributed by atoms with van der Waals surface area (Å²) in [6.07, 6.45) is 3.82. The van der Waals surface area contributed by atoms with E-state index in [9.17, 15) is 4.79 Å². The first-order valence-electron chi connectivity index (χ1n) is 9.47. The summed E-state index contributed by atoms with van der Waals surface area (Å²) < 4.78 is 7.03. The number of likely N-dealkylation sites (tertiary alicyclic amines) is 1. The van der Waals surface area contributed by atoms with Gasteiger partial charge in [-0.05, 0) is 50.9 Å². The van der Waals surface area contributed by atoms with Crippen molar-refractivity contribution in [3.05, 3.63) is 53.3 Å². The molecule has 3 heterocycles. The van der Waals surface area contributed by atoms with Crippen molar-refractivity contribution in [1.29, 1.82) is 0 Å². The predicted molar refractivity (Wildman–Crippen MR) is 102 cm³/mol. The van der Waals surface area contributed by atoms with Crippen LogP contribution in [0.3, 0.4) is 0 Å². The molecule has 9 heteroatoms. The lowest BCUT2D eigenvalue weighted by atomic mass is 10.1. The Hall–Kier alpha value is -3.07. The Morgan fingerprint density at radius 3 is 2.82 bits per heavy atom. The van der Waals surface area contributed by atoms with Crippen LogP contribution in [0.15, 0.2) is 35.0 Å². The second kappa shape index (κ2) is 7.89. The van der Waals surface area contributed by atoms with E-state index in [1.807, 2.05) is 38.1 Å². The molecule has 2 aromatic heterocycles. The molecule has 0 bridgehead atoms. The maximum Gasteiger partial charge on any atom is 0.256 e. The van der Waals surface area contributed by atoms with Crippen molar-refractivity contribution in [3.63, 3.8) is 0 Å². The summed E-state index contributed by atoms with van der Waals surface area (Å²) in [5, 5.41) is 14.5. The molecule has 1 atom stereocenters. The van der Waals surface area contributed by atoms with Crippen molar-refractivity contribution in [1.82, 2.24) is 30.0 Å². The summed E-state index contributed by atoms with van der Waals surface area (Å²) in [5.74, 6) is 1.60. The summed E-state index contributed by atoms with van der Waals surface area (Å²) >= 11 is 0. The van der Waals surface area contributed by atoms with Crippen LogP contribution in [-0.2, 0) is 13.1 Å². The number of nitrogens with zero attached hydrogens (tertiary/aromatic N) is 6. The van der Waals surface area contributed by atoms with Gasteiger partial charge in [0.15, 0.2) is 11.6 Å². The molecule has 3 aromatic rings. The van der Waals surface area contributed by atoms with Crippen molar-refractivity contribution < 1.29 is 9.32 Å². The summed E-state index contributed by atoms with van der Waals surface area (Å²) in [6, 6.07) is 7.77. The molecule has 4 rings (SSSR count). The van der Waals surface area contributed by atoms with Gasteiger partial charge in [-0.3, -0.25) is 14.4 Å². The molecule has 0 aliphatic carbocycles. The number of hydrogen-bond donors (Lipinski definition) is 1. The van der Waals surface area contributed by atoms with E-state index in [1.54, 1.807) is 10.9 Å². The van der Waals surface area contributed by atoms with Crippen molar-refractivity contribution in [2.75, 3.05) is 11.9 Å². The predicted octanol–water partition coefficient (Wildman–Crippen LogP) is 2.58. The number of nitrogens with one attached hydrogen (secondary N) is 1. The zero-order valence-corrected chi connectivity index (χ0v) is 16.0. The minimum absolute atomic E-state index is 0.158. The van der Waals surface area contributed by atoms with Gasteiger partial charge >= 0.3 is 0 Å². The second-order valence-electron chi connectivity index (χ2n) is 6.92. The number of rotatable bonds is 6. The molecule has 28 heavy (non-hydrogen) atoms. The molecule has 0 saturated carbocycles. The standard InChI is InChI=1S/C19H23N7O2/c1-3-26-12-17(22-24-26)21-18(27)15-8-6-14(7-9-15)11-25-10-4-5-16(25)19-20-13(2)23-28-19/h6-9,12,16H,3-5,10-11H2,1-2H3,(H,21,27). The van der Waals surface area contributed by atoms with Crippen molar-refractivity contribution in [3.8, 4) is 0 Å². The molecule has 1 unspecified atom stereocenters. The number of aromatic nitrogens is 5. The van der Waals surface area contributed by atoms with Gasteiger partial charge in [-0.25, -0.2) is 0 Å². The van der Waals surface area contributed by atoms with Gasteiger partial charge in [-0.1, -0.05) is 22.5 Å². The number of carbonyl (C=O) groups excluding carboxylic acids is 1. The number of benzene rings is 1. The minimum atomic E-state index is -0.199. The van der Waals surface area contributed by atoms with E-state index in [0.717, 1.165) is 31.5 Å². The van der Waals surface area contributed by atoms with Crippen LogP contribution < -0.4 is 5.32 Å². The van der Waals surface area contributed by atoms with Crippen LogP contribution in [0.2, 0.25) is 0 Å². The lowest BCUT2D eigenvalue weighted by molar-refractivity contribution is 0.102. The van der Waals surface area contributed by atoms with Gasteiger partial charge in [0.1, 0.15) is 0 Å². The van der Waals surface area contributed by atoms with Gasteiger partial charge in [0, 0.05) is 18.7 Å². The molecule has 0 radical (unpaired) electrons. The summed E-state index contributed by atoms with van der Waals surface area (Å²) in [4.78, 5) is 19.1. The maximum atomic E-state index is 12.4. The van der Waals surface area contributed by atoms with Crippen molar-refractivity contribution in [2.24, 2.45) is 0 Å². The Labute approximate surface area is 162 Å². The van der Waals surface area contributed by atoms with Crippen molar-refractivity contribution >= 4 is 11.7 Å². The quantitative estimate of drug-likeness (QED) is 0.700. The molecule has 1 saturated heterocycles. The normalized spacial score (nSPS) is 17.1. The highest BCUT2D eigenvalue weighted by Gasteiger charge is 2.30. The minimum Gasteiger partial charge on any atom is -0.338 e. The van der Waals surface area contributed by atoms with Gasteiger partial charge < -0.3 is 9.84 Å². The maximum absolute atomic E-state index is 12.4. The molecule has 1 amide bonds. The molecular weight excluding hydrogens is 358 g/mol. The fraction of sp³-hybridized carbons (Fsp3) is 0.421. The Morgan fingerprint density at radius 1 is 1.32 bits per heavy atom. The van der Waals surface area contributed by atoms with E-state index in [0.29, 0.717) is 29.6 Å². The lowest BCUT2D eigenvalue weighted by Crippen LogP contribution is -2.23. The molecule has 146 valence electrons. The fourth-order valence-corrected chi connectivity index (χ4v) is 3.44. The summed E-state index contributed by atoms with van der Waals surface area (Å²) in [7, 11) is 0. The number of hydrogen-bond acceptors (Lipinski definition) is 7. The lowest BCUT2D eigenvalue weighted by Gasteiger charge is -2.21. The highest BCUT2D eigenvalue weighted by Crippen LogP contribution is 2.32. The first-order valence-corrected chi connectivity index (χ1v) is 9.47. The molecular formula is C19H23N7O2. The van der Waals surface area contributed by atoms with Crippen LogP contribution in [0.4, 0.5) is 5.82 Å². The third-order valence-corrected chi connectivity index (χ3v) is 4.90. The zero-order valence-electron chi connectivity index (χ0n) is 16.0. The molecule has 1 fully saturated rings. The molecule has 9 nitrogen and oxygen atoms in total. The number of aryl methyl sites for hydroxylation is 2. The van der Waals surface area contributed by atoms with Crippen LogP contribution in [-0.4, -0.2) is 42.5 Å². The van der Waals surface area contributed by atoms with Crippen LogP contribution in [0, 0.1) is 6.92 Å². The topological polar surface area (TPSA) is 102 Å². The third kappa shape index (κ3) is 3.94. The Morgan fingerprint density at radius 2 is 2.14 bits per heavy atom. The average Bonchev–Trinajstić information content (AvgIpc) is 3.43. The highest BCUT2D eigenvalue weighted by molar-refractivity contribution is 6.03. The third-order valence-electron chi connectivity index (χ3n) is 4.90. The van der Waals surface area contributed by atoms with Gasteiger partial charge in [0.25, 0.3) is 5.91 Å². The molecule has 0 spiro atoms. The SMILES string of the molecule is CCn1cc(NC(=O)c2ccc(CN3CCCC3c3nc(C)no3)cc2)nn1. The van der Waals surface area contributed by atoms with E-state index in [2.05, 4.69) is 30.7 Å². The number of carbonyl (C=O) groups is 1. The smallest absolute Gasteiger partial charge is 0.256 e. The van der Waals surface area contributed by atoms with Gasteiger partial charge in [0.2, 0.25) is 5.89 Å². The first-order chi connectivity index (χ1) is 13.6. The van der Waals surface area contributed by atoms with Crippen molar-refractivity contribution in [2.45, 2.75) is 45.8 Å². The Kier molecular flexibility index (Phi) is 5.16. The van der Waals surface area contributed by atoms with Gasteiger partial charge in [0.05, 0.1) is 12.2 Å². The first kappa shape index (κ1) is 18.3. The summed E-state index contributed by atoms with van der Waals surface area (Å²) in [5.41, 5.74) is 1.72. The van der Waals surface area contributed by atoms with Gasteiger partial charge in [-0.15, -0.1) is 5.10 Å². The fourth-order valence-electron chi connectivity index (χ4n) is 3.44. The van der Waals surface area contributed by atoms with E-state index < -0.39 is 0 Å². The molecule has 1 aliphatic heterocycles. The zero-order chi connectivity index (χ0) is 19.5. The van der Waals surface area contributed by atoms with Gasteiger partial charge in [-0.2, -0.15) is 4.98 Å². The van der Waals surface area contributed by atoms with E-state index in [4.69, 9.17) is 4.52 Å². The van der Waals surface area contributed by atoms with E-state index in [-0.39, 0.29) is 11.9 Å². The monoisotopic (exact) mass is 381 g/mol. The van der Waals surface area contributed by atoms with Crippen LogP contribution in [0.5, 0.6) is 0 Å².